The Morgan fingerprint density at radius 1 is 1.06 bits per heavy atom. The van der Waals surface area contributed by atoms with Crippen LogP contribution < -0.4 is 5.32 Å². The summed E-state index contributed by atoms with van der Waals surface area (Å²) in [6, 6.07) is 15.5. The number of nitrogens with zero attached hydrogens (tertiary/aromatic N) is 1. The highest BCUT2D eigenvalue weighted by Gasteiger charge is 2.30. The fourth-order valence-corrected chi connectivity index (χ4v) is 4.17. The van der Waals surface area contributed by atoms with Gasteiger partial charge < -0.3 is 20.1 Å². The lowest BCUT2D eigenvalue weighted by molar-refractivity contribution is -0.138. The zero-order valence-corrected chi connectivity index (χ0v) is 18.5. The summed E-state index contributed by atoms with van der Waals surface area (Å²) in [5.41, 5.74) is 4.56. The Hall–Kier alpha value is -3.35. The van der Waals surface area contributed by atoms with Gasteiger partial charge in [0.15, 0.2) is 0 Å². The molecule has 2 aromatic rings. The first-order chi connectivity index (χ1) is 15.4. The molecule has 0 aliphatic heterocycles. The van der Waals surface area contributed by atoms with E-state index < -0.39 is 18.1 Å². The minimum Gasteiger partial charge on any atom is -0.481 e. The molecule has 1 aliphatic carbocycles. The second kappa shape index (κ2) is 10.8. The zero-order valence-electron chi connectivity index (χ0n) is 18.5. The molecule has 32 heavy (non-hydrogen) atoms. The Morgan fingerprint density at radius 2 is 1.66 bits per heavy atom. The fourth-order valence-electron chi connectivity index (χ4n) is 4.17. The fraction of sp³-hybridized carbons (Fsp3) is 0.400. The van der Waals surface area contributed by atoms with Gasteiger partial charge in [0.25, 0.3) is 0 Å². The number of hydrogen-bond acceptors (Lipinski definition) is 4. The van der Waals surface area contributed by atoms with E-state index in [0.29, 0.717) is 25.8 Å². The number of fused-ring (bicyclic) bond motifs is 3. The van der Waals surface area contributed by atoms with Crippen molar-refractivity contribution in [1.29, 1.82) is 0 Å². The lowest BCUT2D eigenvalue weighted by Gasteiger charge is -2.24. The van der Waals surface area contributed by atoms with Crippen molar-refractivity contribution in [2.75, 3.05) is 20.2 Å². The molecule has 0 fully saturated rings. The number of carbonyl (C=O) groups is 3. The van der Waals surface area contributed by atoms with Crippen LogP contribution in [-0.2, 0) is 14.3 Å². The first-order valence-electron chi connectivity index (χ1n) is 11.0. The predicted octanol–water partition coefficient (Wildman–Crippen LogP) is 4.02. The van der Waals surface area contributed by atoms with Gasteiger partial charge >= 0.3 is 12.1 Å². The standard InChI is InChI=1S/C25H30N2O5/c1-3-9-22(24(30)27(2)15-8-14-23(28)29)26-25(31)32-16-21-19-12-6-4-10-17(19)18-11-5-7-13-20(18)21/h4-7,10-13,21-22H,3,8-9,14-16H2,1-2H3,(H,26,31)(H,28,29)/t22-/m0/s1. The van der Waals surface area contributed by atoms with Crippen molar-refractivity contribution >= 4 is 18.0 Å². The third-order valence-corrected chi connectivity index (χ3v) is 5.77. The molecule has 0 heterocycles. The number of ether oxygens (including phenoxy) is 1. The quantitative estimate of drug-likeness (QED) is 0.584. The number of carbonyl (C=O) groups excluding carboxylic acids is 2. The number of nitrogens with one attached hydrogen (secondary N) is 1. The average Bonchev–Trinajstić information content (AvgIpc) is 3.10. The van der Waals surface area contributed by atoms with Gasteiger partial charge in [0, 0.05) is 25.9 Å². The van der Waals surface area contributed by atoms with E-state index in [1.807, 2.05) is 31.2 Å². The van der Waals surface area contributed by atoms with Crippen LogP contribution >= 0.6 is 0 Å². The Kier molecular flexibility index (Phi) is 7.87. The normalized spacial score (nSPS) is 13.1. The van der Waals surface area contributed by atoms with Gasteiger partial charge in [0.2, 0.25) is 5.91 Å². The van der Waals surface area contributed by atoms with Gasteiger partial charge in [-0.1, -0.05) is 61.9 Å². The molecule has 0 bridgehead atoms. The van der Waals surface area contributed by atoms with Gasteiger partial charge in [0.1, 0.15) is 12.6 Å². The van der Waals surface area contributed by atoms with Crippen molar-refractivity contribution in [3.8, 4) is 11.1 Å². The number of likely N-dealkylation sites (N-methyl/N-ethyl adjacent to an activating group) is 1. The number of amides is 2. The van der Waals surface area contributed by atoms with E-state index in [-0.39, 0.29) is 24.9 Å². The molecule has 7 nitrogen and oxygen atoms in total. The monoisotopic (exact) mass is 438 g/mol. The molecular formula is C25H30N2O5. The minimum absolute atomic E-state index is 0.00410. The molecule has 0 saturated heterocycles. The first kappa shape index (κ1) is 23.3. The molecule has 2 N–H and O–H groups in total. The summed E-state index contributed by atoms with van der Waals surface area (Å²) in [5, 5.41) is 11.5. The largest absolute Gasteiger partial charge is 0.481 e. The van der Waals surface area contributed by atoms with Gasteiger partial charge in [-0.05, 0) is 35.1 Å². The van der Waals surface area contributed by atoms with Gasteiger partial charge in [-0.15, -0.1) is 0 Å². The van der Waals surface area contributed by atoms with Crippen LogP contribution in [0.2, 0.25) is 0 Å². The summed E-state index contributed by atoms with van der Waals surface area (Å²) >= 11 is 0. The molecule has 3 rings (SSSR count). The number of alkyl carbamates (subject to hydrolysis) is 1. The summed E-state index contributed by atoms with van der Waals surface area (Å²) in [7, 11) is 1.62. The highest BCUT2D eigenvalue weighted by Crippen LogP contribution is 2.44. The average molecular weight is 439 g/mol. The van der Waals surface area contributed by atoms with Crippen molar-refractivity contribution in [3.63, 3.8) is 0 Å². The number of benzene rings is 2. The summed E-state index contributed by atoms with van der Waals surface area (Å²) in [4.78, 5) is 37.5. The van der Waals surface area contributed by atoms with Gasteiger partial charge in [0.05, 0.1) is 0 Å². The summed E-state index contributed by atoms with van der Waals surface area (Å²) in [6.45, 7) is 2.43. The van der Waals surface area contributed by atoms with Crippen molar-refractivity contribution in [3.05, 3.63) is 59.7 Å². The number of carboxylic acid groups (broad SMARTS) is 1. The molecule has 7 heteroatoms. The summed E-state index contributed by atoms with van der Waals surface area (Å²) in [6.07, 6.45) is 0.921. The number of carboxylic acids is 1. The van der Waals surface area contributed by atoms with E-state index in [0.717, 1.165) is 22.3 Å². The van der Waals surface area contributed by atoms with Gasteiger partial charge in [-0.25, -0.2) is 4.79 Å². The SMILES string of the molecule is CCC[C@H](NC(=O)OCC1c2ccccc2-c2ccccc21)C(=O)N(C)CCCC(=O)O. The Bertz CT molecular complexity index is 929. The van der Waals surface area contributed by atoms with Gasteiger partial charge in [-0.2, -0.15) is 0 Å². The smallest absolute Gasteiger partial charge is 0.407 e. The van der Waals surface area contributed by atoms with Crippen LogP contribution in [0.1, 0.15) is 49.7 Å². The van der Waals surface area contributed by atoms with Crippen LogP contribution in [0.5, 0.6) is 0 Å². The number of hydrogen-bond donors (Lipinski definition) is 2. The Balaban J connectivity index is 1.60. The first-order valence-corrected chi connectivity index (χ1v) is 11.0. The third kappa shape index (κ3) is 5.46. The van der Waals surface area contributed by atoms with Crippen LogP contribution in [0.4, 0.5) is 4.79 Å². The van der Waals surface area contributed by atoms with E-state index in [2.05, 4.69) is 29.6 Å². The molecule has 1 aliphatic rings. The van der Waals surface area contributed by atoms with Crippen molar-refractivity contribution in [2.24, 2.45) is 0 Å². The molecular weight excluding hydrogens is 408 g/mol. The molecule has 0 radical (unpaired) electrons. The van der Waals surface area contributed by atoms with E-state index in [9.17, 15) is 14.4 Å². The maximum Gasteiger partial charge on any atom is 0.407 e. The second-order valence-corrected chi connectivity index (χ2v) is 8.07. The molecule has 0 aromatic heterocycles. The molecule has 0 unspecified atom stereocenters. The van der Waals surface area contributed by atoms with E-state index >= 15 is 0 Å². The Labute approximate surface area is 188 Å². The van der Waals surface area contributed by atoms with Crippen molar-refractivity contribution < 1.29 is 24.2 Å². The minimum atomic E-state index is -0.896. The maximum atomic E-state index is 12.7. The predicted molar refractivity (Wildman–Crippen MR) is 121 cm³/mol. The topological polar surface area (TPSA) is 95.9 Å². The molecule has 0 spiro atoms. The van der Waals surface area contributed by atoms with Crippen molar-refractivity contribution in [2.45, 2.75) is 44.6 Å². The van der Waals surface area contributed by atoms with E-state index in [4.69, 9.17) is 9.84 Å². The Morgan fingerprint density at radius 3 is 2.22 bits per heavy atom. The summed E-state index contributed by atoms with van der Waals surface area (Å²) < 4.78 is 5.56. The molecule has 1 atom stereocenters. The van der Waals surface area contributed by atoms with Crippen LogP contribution in [0.3, 0.4) is 0 Å². The van der Waals surface area contributed by atoms with Crippen LogP contribution in [0.15, 0.2) is 48.5 Å². The number of aliphatic carboxylic acids is 1. The highest BCUT2D eigenvalue weighted by molar-refractivity contribution is 5.85. The zero-order chi connectivity index (χ0) is 23.1. The van der Waals surface area contributed by atoms with Crippen LogP contribution in [-0.4, -0.2) is 54.2 Å². The second-order valence-electron chi connectivity index (χ2n) is 8.07. The molecule has 2 aromatic carbocycles. The van der Waals surface area contributed by atoms with Gasteiger partial charge in [-0.3, -0.25) is 9.59 Å². The van der Waals surface area contributed by atoms with E-state index in [1.54, 1.807) is 7.05 Å². The van der Waals surface area contributed by atoms with Crippen molar-refractivity contribution in [1.82, 2.24) is 10.2 Å². The van der Waals surface area contributed by atoms with Crippen LogP contribution in [0.25, 0.3) is 11.1 Å². The highest BCUT2D eigenvalue weighted by atomic mass is 16.5. The molecule has 170 valence electrons. The number of rotatable bonds is 10. The summed E-state index contributed by atoms with van der Waals surface area (Å²) in [5.74, 6) is -1.19. The molecule has 0 saturated carbocycles. The maximum absolute atomic E-state index is 12.7. The molecule has 2 amide bonds. The van der Waals surface area contributed by atoms with E-state index in [1.165, 1.54) is 4.90 Å². The lowest BCUT2D eigenvalue weighted by Crippen LogP contribution is -2.47. The third-order valence-electron chi connectivity index (χ3n) is 5.77. The lowest BCUT2D eigenvalue weighted by atomic mass is 9.98. The van der Waals surface area contributed by atoms with Crippen LogP contribution in [0, 0.1) is 0 Å².